The van der Waals surface area contributed by atoms with Crippen molar-refractivity contribution in [2.45, 2.75) is 58.4 Å². The lowest BCUT2D eigenvalue weighted by Crippen LogP contribution is -2.41. The number of rotatable bonds is 3. The summed E-state index contributed by atoms with van der Waals surface area (Å²) in [6, 6.07) is 0.811. The molecule has 3 atom stereocenters. The van der Waals surface area contributed by atoms with E-state index in [1.54, 1.807) is 0 Å². The first-order valence-corrected chi connectivity index (χ1v) is 7.66. The van der Waals surface area contributed by atoms with Crippen LogP contribution in [0.15, 0.2) is 0 Å². The van der Waals surface area contributed by atoms with Crippen LogP contribution in [-0.4, -0.2) is 30.6 Å². The molecule has 0 aromatic rings. The lowest BCUT2D eigenvalue weighted by molar-refractivity contribution is 0.164. The molecule has 0 spiro atoms. The van der Waals surface area contributed by atoms with Gasteiger partial charge in [-0.05, 0) is 69.5 Å². The Kier molecular flexibility index (Phi) is 4.87. The molecule has 1 heterocycles. The van der Waals surface area contributed by atoms with Crippen LogP contribution in [0.1, 0.15) is 52.4 Å². The van der Waals surface area contributed by atoms with Gasteiger partial charge >= 0.3 is 0 Å². The average molecular weight is 238 g/mol. The molecule has 17 heavy (non-hydrogen) atoms. The molecule has 2 N–H and O–H groups in total. The second kappa shape index (κ2) is 6.19. The van der Waals surface area contributed by atoms with Gasteiger partial charge in [0.25, 0.3) is 0 Å². The Balaban J connectivity index is 1.89. The molecule has 0 amide bonds. The van der Waals surface area contributed by atoms with Crippen LogP contribution >= 0.6 is 0 Å². The van der Waals surface area contributed by atoms with E-state index < -0.39 is 0 Å². The quantitative estimate of drug-likeness (QED) is 0.819. The van der Waals surface area contributed by atoms with Crippen molar-refractivity contribution in [3.05, 3.63) is 0 Å². The summed E-state index contributed by atoms with van der Waals surface area (Å²) in [4.78, 5) is 2.77. The minimum absolute atomic E-state index is 0.783. The van der Waals surface area contributed by atoms with Gasteiger partial charge in [0, 0.05) is 6.04 Å². The van der Waals surface area contributed by atoms with E-state index in [1.165, 1.54) is 51.6 Å². The summed E-state index contributed by atoms with van der Waals surface area (Å²) >= 11 is 0. The SMILES string of the molecule is CC(C)C1CCCN(C2CCCC2CN)CC1. The van der Waals surface area contributed by atoms with Gasteiger partial charge in [0.1, 0.15) is 0 Å². The van der Waals surface area contributed by atoms with E-state index in [1.807, 2.05) is 0 Å². The zero-order valence-electron chi connectivity index (χ0n) is 11.7. The predicted molar refractivity (Wildman–Crippen MR) is 73.9 cm³/mol. The van der Waals surface area contributed by atoms with Gasteiger partial charge in [-0.3, -0.25) is 0 Å². The third-order valence-electron chi connectivity index (χ3n) is 5.14. The first kappa shape index (κ1) is 13.4. The Morgan fingerprint density at radius 2 is 1.88 bits per heavy atom. The summed E-state index contributed by atoms with van der Waals surface area (Å²) in [6.45, 7) is 8.32. The maximum atomic E-state index is 5.92. The van der Waals surface area contributed by atoms with Gasteiger partial charge in [0.15, 0.2) is 0 Å². The van der Waals surface area contributed by atoms with E-state index in [-0.39, 0.29) is 0 Å². The molecular weight excluding hydrogens is 208 g/mol. The fourth-order valence-electron chi connectivity index (χ4n) is 3.92. The highest BCUT2D eigenvalue weighted by molar-refractivity contribution is 4.87. The van der Waals surface area contributed by atoms with Gasteiger partial charge in [-0.2, -0.15) is 0 Å². The second-order valence-electron chi connectivity index (χ2n) is 6.47. The fourth-order valence-corrected chi connectivity index (χ4v) is 3.92. The van der Waals surface area contributed by atoms with Gasteiger partial charge < -0.3 is 10.6 Å². The third-order valence-corrected chi connectivity index (χ3v) is 5.14. The monoisotopic (exact) mass is 238 g/mol. The lowest BCUT2D eigenvalue weighted by Gasteiger charge is -2.31. The van der Waals surface area contributed by atoms with Crippen molar-refractivity contribution in [3.8, 4) is 0 Å². The van der Waals surface area contributed by atoms with E-state index in [0.717, 1.165) is 30.3 Å². The molecule has 0 bridgehead atoms. The number of hydrogen-bond acceptors (Lipinski definition) is 2. The van der Waals surface area contributed by atoms with Crippen molar-refractivity contribution >= 4 is 0 Å². The van der Waals surface area contributed by atoms with Crippen LogP contribution in [0.3, 0.4) is 0 Å². The van der Waals surface area contributed by atoms with Gasteiger partial charge in [-0.25, -0.2) is 0 Å². The topological polar surface area (TPSA) is 29.3 Å². The second-order valence-corrected chi connectivity index (χ2v) is 6.47. The Hall–Kier alpha value is -0.0800. The summed E-state index contributed by atoms with van der Waals surface area (Å²) < 4.78 is 0. The summed E-state index contributed by atoms with van der Waals surface area (Å²) in [7, 11) is 0. The molecule has 0 aromatic carbocycles. The normalized spacial score (nSPS) is 36.4. The molecule has 1 aliphatic carbocycles. The average Bonchev–Trinajstić information content (AvgIpc) is 2.65. The van der Waals surface area contributed by atoms with E-state index in [0.29, 0.717) is 0 Å². The van der Waals surface area contributed by atoms with Gasteiger partial charge in [0.2, 0.25) is 0 Å². The molecule has 1 aliphatic heterocycles. The first-order chi connectivity index (χ1) is 8.22. The van der Waals surface area contributed by atoms with Crippen LogP contribution in [0, 0.1) is 17.8 Å². The van der Waals surface area contributed by atoms with Crippen LogP contribution < -0.4 is 5.73 Å². The molecule has 2 heteroatoms. The predicted octanol–water partition coefficient (Wildman–Crippen LogP) is 2.87. The van der Waals surface area contributed by atoms with Crippen LogP contribution in [0.5, 0.6) is 0 Å². The van der Waals surface area contributed by atoms with Crippen molar-refractivity contribution in [3.63, 3.8) is 0 Å². The van der Waals surface area contributed by atoms with Crippen molar-refractivity contribution in [1.82, 2.24) is 4.90 Å². The van der Waals surface area contributed by atoms with Crippen molar-refractivity contribution < 1.29 is 0 Å². The molecule has 1 saturated heterocycles. The number of hydrogen-bond donors (Lipinski definition) is 1. The lowest BCUT2D eigenvalue weighted by atomic mass is 9.89. The number of nitrogens with zero attached hydrogens (tertiary/aromatic N) is 1. The van der Waals surface area contributed by atoms with Crippen LogP contribution in [0.2, 0.25) is 0 Å². The van der Waals surface area contributed by atoms with Crippen LogP contribution in [0.4, 0.5) is 0 Å². The highest BCUT2D eigenvalue weighted by Crippen LogP contribution is 2.32. The third kappa shape index (κ3) is 3.23. The minimum Gasteiger partial charge on any atom is -0.330 e. The molecular formula is C15H30N2. The molecule has 2 aliphatic rings. The Morgan fingerprint density at radius 3 is 2.59 bits per heavy atom. The summed E-state index contributed by atoms with van der Waals surface area (Å²) in [5.41, 5.74) is 5.92. The molecule has 1 saturated carbocycles. The van der Waals surface area contributed by atoms with Crippen LogP contribution in [0.25, 0.3) is 0 Å². The zero-order valence-corrected chi connectivity index (χ0v) is 11.7. The maximum absolute atomic E-state index is 5.92. The fraction of sp³-hybridized carbons (Fsp3) is 1.00. The van der Waals surface area contributed by atoms with E-state index in [2.05, 4.69) is 18.7 Å². The molecule has 2 rings (SSSR count). The molecule has 3 unspecified atom stereocenters. The Bertz CT molecular complexity index is 227. The molecule has 2 nitrogen and oxygen atoms in total. The van der Waals surface area contributed by atoms with Crippen molar-refractivity contribution in [2.24, 2.45) is 23.5 Å². The standard InChI is InChI=1S/C15H30N2/c1-12(2)13-6-4-9-17(10-8-13)15-7-3-5-14(15)11-16/h12-15H,3-11,16H2,1-2H3. The molecule has 2 fully saturated rings. The van der Waals surface area contributed by atoms with Crippen molar-refractivity contribution in [2.75, 3.05) is 19.6 Å². The zero-order chi connectivity index (χ0) is 12.3. The van der Waals surface area contributed by atoms with E-state index in [4.69, 9.17) is 5.73 Å². The Labute approximate surface area is 107 Å². The smallest absolute Gasteiger partial charge is 0.0136 e. The van der Waals surface area contributed by atoms with Crippen molar-refractivity contribution in [1.29, 1.82) is 0 Å². The number of nitrogens with two attached hydrogens (primary N) is 1. The van der Waals surface area contributed by atoms with E-state index in [9.17, 15) is 0 Å². The highest BCUT2D eigenvalue weighted by Gasteiger charge is 2.32. The summed E-state index contributed by atoms with van der Waals surface area (Å²) in [6.07, 6.45) is 8.41. The highest BCUT2D eigenvalue weighted by atomic mass is 15.2. The first-order valence-electron chi connectivity index (χ1n) is 7.66. The number of likely N-dealkylation sites (tertiary alicyclic amines) is 1. The molecule has 0 radical (unpaired) electrons. The largest absolute Gasteiger partial charge is 0.330 e. The molecule has 100 valence electrons. The Morgan fingerprint density at radius 1 is 1.06 bits per heavy atom. The summed E-state index contributed by atoms with van der Waals surface area (Å²) in [5, 5.41) is 0. The molecule has 0 aromatic heterocycles. The van der Waals surface area contributed by atoms with Gasteiger partial charge in [-0.1, -0.05) is 20.3 Å². The van der Waals surface area contributed by atoms with Crippen LogP contribution in [-0.2, 0) is 0 Å². The minimum atomic E-state index is 0.783. The van der Waals surface area contributed by atoms with E-state index >= 15 is 0 Å². The van der Waals surface area contributed by atoms with Gasteiger partial charge in [-0.15, -0.1) is 0 Å². The summed E-state index contributed by atoms with van der Waals surface area (Å²) in [5.74, 6) is 2.60. The maximum Gasteiger partial charge on any atom is 0.0136 e. The van der Waals surface area contributed by atoms with Gasteiger partial charge in [0.05, 0.1) is 0 Å².